The van der Waals surface area contributed by atoms with Gasteiger partial charge in [0.15, 0.2) is 0 Å². The van der Waals surface area contributed by atoms with Crippen molar-refractivity contribution < 1.29 is 4.79 Å². The first-order valence-corrected chi connectivity index (χ1v) is 7.49. The molecule has 0 aromatic carbocycles. The number of rotatable bonds is 2. The van der Waals surface area contributed by atoms with Gasteiger partial charge in [-0.25, -0.2) is 0 Å². The molecule has 1 aliphatic heterocycles. The van der Waals surface area contributed by atoms with Gasteiger partial charge >= 0.3 is 0 Å². The van der Waals surface area contributed by atoms with E-state index < -0.39 is 0 Å². The summed E-state index contributed by atoms with van der Waals surface area (Å²) in [5.74, 6) is 0.797. The SMILES string of the molecule is CC1CCN(C(=O)c2ccc(Br)s2)C(CN)C1.Cl. The Labute approximate surface area is 126 Å². The van der Waals surface area contributed by atoms with Gasteiger partial charge in [-0.05, 0) is 46.8 Å². The van der Waals surface area contributed by atoms with Crippen molar-refractivity contribution >= 4 is 45.6 Å². The van der Waals surface area contributed by atoms with E-state index in [0.717, 1.165) is 28.0 Å². The van der Waals surface area contributed by atoms with E-state index in [4.69, 9.17) is 5.73 Å². The minimum atomic E-state index is 0. The fourth-order valence-electron chi connectivity index (χ4n) is 2.31. The molecule has 2 unspecified atom stereocenters. The number of hydrogen-bond acceptors (Lipinski definition) is 3. The number of nitrogens with zero attached hydrogens (tertiary/aromatic N) is 1. The van der Waals surface area contributed by atoms with Crippen molar-refractivity contribution in [3.05, 3.63) is 20.8 Å². The highest BCUT2D eigenvalue weighted by Gasteiger charge is 2.29. The summed E-state index contributed by atoms with van der Waals surface area (Å²) >= 11 is 4.88. The Morgan fingerprint density at radius 1 is 1.61 bits per heavy atom. The largest absolute Gasteiger partial charge is 0.334 e. The molecule has 2 heterocycles. The topological polar surface area (TPSA) is 46.3 Å². The second-order valence-corrected chi connectivity index (χ2v) is 7.08. The van der Waals surface area contributed by atoms with Gasteiger partial charge in [-0.2, -0.15) is 0 Å². The lowest BCUT2D eigenvalue weighted by Crippen LogP contribution is -2.49. The van der Waals surface area contributed by atoms with Crippen LogP contribution in [0.5, 0.6) is 0 Å². The Hall–Kier alpha value is -0.100. The summed E-state index contributed by atoms with van der Waals surface area (Å²) in [6, 6.07) is 4.00. The average Bonchev–Trinajstić information content (AvgIpc) is 2.75. The zero-order chi connectivity index (χ0) is 12.4. The Morgan fingerprint density at radius 2 is 2.33 bits per heavy atom. The smallest absolute Gasteiger partial charge is 0.264 e. The van der Waals surface area contributed by atoms with Gasteiger partial charge in [0.1, 0.15) is 0 Å². The third-order valence-corrected chi connectivity index (χ3v) is 4.91. The Kier molecular flexibility index (Phi) is 6.11. The molecule has 6 heteroatoms. The van der Waals surface area contributed by atoms with E-state index in [1.807, 2.05) is 17.0 Å². The van der Waals surface area contributed by atoms with Crippen molar-refractivity contribution in [1.82, 2.24) is 4.90 Å². The standard InChI is InChI=1S/C12H17BrN2OS.ClH/c1-8-4-5-15(9(6-8)7-14)12(16)10-2-3-11(13)17-10;/h2-3,8-9H,4-7,14H2,1H3;1H. The summed E-state index contributed by atoms with van der Waals surface area (Å²) in [6.07, 6.45) is 2.10. The van der Waals surface area contributed by atoms with Gasteiger partial charge in [0, 0.05) is 19.1 Å². The van der Waals surface area contributed by atoms with E-state index in [2.05, 4.69) is 22.9 Å². The normalized spacial score (nSPS) is 23.6. The first-order chi connectivity index (χ1) is 8.11. The summed E-state index contributed by atoms with van der Waals surface area (Å²) in [5, 5.41) is 0. The van der Waals surface area contributed by atoms with Crippen molar-refractivity contribution in [2.45, 2.75) is 25.8 Å². The second kappa shape index (κ2) is 6.89. The van der Waals surface area contributed by atoms with Crippen LogP contribution in [0.3, 0.4) is 0 Å². The fourth-order valence-corrected chi connectivity index (χ4v) is 3.66. The highest BCUT2D eigenvalue weighted by Crippen LogP contribution is 2.27. The molecule has 0 saturated carbocycles. The molecule has 2 atom stereocenters. The summed E-state index contributed by atoms with van der Waals surface area (Å²) in [6.45, 7) is 3.62. The van der Waals surface area contributed by atoms with E-state index in [1.165, 1.54) is 11.3 Å². The van der Waals surface area contributed by atoms with Crippen LogP contribution in [0.4, 0.5) is 0 Å². The number of amides is 1. The maximum Gasteiger partial charge on any atom is 0.264 e. The maximum absolute atomic E-state index is 12.3. The van der Waals surface area contributed by atoms with Gasteiger partial charge in [-0.3, -0.25) is 4.79 Å². The molecule has 18 heavy (non-hydrogen) atoms. The lowest BCUT2D eigenvalue weighted by Gasteiger charge is -2.37. The molecule has 1 amide bonds. The van der Waals surface area contributed by atoms with E-state index >= 15 is 0 Å². The van der Waals surface area contributed by atoms with Gasteiger partial charge in [0.25, 0.3) is 5.91 Å². The molecule has 2 rings (SSSR count). The van der Waals surface area contributed by atoms with Crippen LogP contribution in [0.15, 0.2) is 15.9 Å². The third-order valence-electron chi connectivity index (χ3n) is 3.29. The van der Waals surface area contributed by atoms with Crippen LogP contribution in [0.2, 0.25) is 0 Å². The van der Waals surface area contributed by atoms with E-state index in [9.17, 15) is 4.79 Å². The Bertz CT molecular complexity index is 413. The number of carbonyl (C=O) groups is 1. The van der Waals surface area contributed by atoms with Crippen LogP contribution in [-0.2, 0) is 0 Å². The molecule has 1 aliphatic rings. The number of piperidine rings is 1. The number of hydrogen-bond donors (Lipinski definition) is 1. The molecule has 1 saturated heterocycles. The summed E-state index contributed by atoms with van der Waals surface area (Å²) in [5.41, 5.74) is 5.78. The van der Waals surface area contributed by atoms with Crippen molar-refractivity contribution in [3.8, 4) is 0 Å². The molecular formula is C12H18BrClN2OS. The molecule has 1 aromatic rings. The zero-order valence-corrected chi connectivity index (χ0v) is 13.5. The summed E-state index contributed by atoms with van der Waals surface area (Å²) < 4.78 is 0.996. The van der Waals surface area contributed by atoms with Gasteiger partial charge in [0.2, 0.25) is 0 Å². The molecule has 102 valence electrons. The first-order valence-electron chi connectivity index (χ1n) is 5.88. The van der Waals surface area contributed by atoms with Gasteiger partial charge in [-0.15, -0.1) is 23.7 Å². The van der Waals surface area contributed by atoms with Crippen LogP contribution in [0.25, 0.3) is 0 Å². The molecule has 0 bridgehead atoms. The number of nitrogens with two attached hydrogens (primary N) is 1. The third kappa shape index (κ3) is 3.47. The predicted octanol–water partition coefficient (Wildman–Crippen LogP) is 3.13. The van der Waals surface area contributed by atoms with E-state index in [0.29, 0.717) is 12.5 Å². The molecular weight excluding hydrogens is 336 g/mol. The average molecular weight is 354 g/mol. The van der Waals surface area contributed by atoms with Crippen molar-refractivity contribution in [2.75, 3.05) is 13.1 Å². The maximum atomic E-state index is 12.3. The molecule has 1 fully saturated rings. The molecule has 2 N–H and O–H groups in total. The lowest BCUT2D eigenvalue weighted by molar-refractivity contribution is 0.0578. The quantitative estimate of drug-likeness (QED) is 0.888. The van der Waals surface area contributed by atoms with Crippen LogP contribution in [0, 0.1) is 5.92 Å². The summed E-state index contributed by atoms with van der Waals surface area (Å²) in [7, 11) is 0. The number of halogens is 2. The second-order valence-electron chi connectivity index (χ2n) is 4.62. The van der Waals surface area contributed by atoms with Crippen molar-refractivity contribution in [2.24, 2.45) is 11.7 Å². The predicted molar refractivity (Wildman–Crippen MR) is 81.5 cm³/mol. The van der Waals surface area contributed by atoms with Crippen LogP contribution < -0.4 is 5.73 Å². The first kappa shape index (κ1) is 16.0. The molecule has 3 nitrogen and oxygen atoms in total. The van der Waals surface area contributed by atoms with Gasteiger partial charge < -0.3 is 10.6 Å². The minimum Gasteiger partial charge on any atom is -0.334 e. The lowest BCUT2D eigenvalue weighted by atomic mass is 9.92. The fraction of sp³-hybridized carbons (Fsp3) is 0.583. The molecule has 0 spiro atoms. The highest BCUT2D eigenvalue weighted by atomic mass is 79.9. The zero-order valence-electron chi connectivity index (χ0n) is 10.3. The van der Waals surface area contributed by atoms with Crippen LogP contribution >= 0.6 is 39.7 Å². The van der Waals surface area contributed by atoms with Crippen LogP contribution in [0.1, 0.15) is 29.4 Å². The van der Waals surface area contributed by atoms with Crippen LogP contribution in [-0.4, -0.2) is 29.9 Å². The molecule has 0 aliphatic carbocycles. The molecule has 1 aromatic heterocycles. The van der Waals surface area contributed by atoms with Gasteiger partial charge in [-0.1, -0.05) is 6.92 Å². The highest BCUT2D eigenvalue weighted by molar-refractivity contribution is 9.11. The van der Waals surface area contributed by atoms with Gasteiger partial charge in [0.05, 0.1) is 8.66 Å². The summed E-state index contributed by atoms with van der Waals surface area (Å²) in [4.78, 5) is 15.1. The minimum absolute atomic E-state index is 0. The number of carbonyl (C=O) groups excluding carboxylic acids is 1. The monoisotopic (exact) mass is 352 g/mol. The van der Waals surface area contributed by atoms with E-state index in [1.54, 1.807) is 0 Å². The number of likely N-dealkylation sites (tertiary alicyclic amines) is 1. The number of thiophene rings is 1. The van der Waals surface area contributed by atoms with Crippen molar-refractivity contribution in [1.29, 1.82) is 0 Å². The Balaban J connectivity index is 0.00000162. The van der Waals surface area contributed by atoms with E-state index in [-0.39, 0.29) is 24.4 Å². The van der Waals surface area contributed by atoms with Crippen molar-refractivity contribution in [3.63, 3.8) is 0 Å². The Morgan fingerprint density at radius 3 is 2.89 bits per heavy atom. The molecule has 0 radical (unpaired) electrons.